The standard InChI is InChI=1S/C15H21N3O/c1-3-9-17-15(16-4-2)18-11-13-10-12-7-5-6-8-14(12)19-13/h3,5-8,13H,1,4,9-11H2,2H3,(H2,16,17,18). The molecule has 1 atom stereocenters. The number of nitrogens with zero attached hydrogens (tertiary/aromatic N) is 1. The van der Waals surface area contributed by atoms with E-state index in [2.05, 4.69) is 28.3 Å². The average Bonchev–Trinajstić information content (AvgIpc) is 2.84. The van der Waals surface area contributed by atoms with Crippen LogP contribution in [0.3, 0.4) is 0 Å². The largest absolute Gasteiger partial charge is 0.488 e. The maximum Gasteiger partial charge on any atom is 0.191 e. The molecule has 2 rings (SSSR count). The topological polar surface area (TPSA) is 45.7 Å². The first-order valence-electron chi connectivity index (χ1n) is 6.71. The summed E-state index contributed by atoms with van der Waals surface area (Å²) < 4.78 is 5.86. The second-order valence-corrected chi connectivity index (χ2v) is 4.44. The Morgan fingerprint density at radius 2 is 2.32 bits per heavy atom. The third kappa shape index (κ3) is 3.74. The molecule has 0 amide bonds. The molecule has 1 unspecified atom stereocenters. The Labute approximate surface area is 114 Å². The Morgan fingerprint density at radius 3 is 3.05 bits per heavy atom. The first-order valence-corrected chi connectivity index (χ1v) is 6.71. The van der Waals surface area contributed by atoms with E-state index >= 15 is 0 Å². The van der Waals surface area contributed by atoms with Crippen molar-refractivity contribution in [3.63, 3.8) is 0 Å². The van der Waals surface area contributed by atoms with Crippen molar-refractivity contribution in [1.29, 1.82) is 0 Å². The fourth-order valence-corrected chi connectivity index (χ4v) is 2.06. The maximum absolute atomic E-state index is 5.86. The molecule has 102 valence electrons. The fourth-order valence-electron chi connectivity index (χ4n) is 2.06. The Kier molecular flexibility index (Phi) is 4.84. The predicted octanol–water partition coefficient (Wildman–Crippen LogP) is 1.73. The zero-order chi connectivity index (χ0) is 13.5. The molecule has 19 heavy (non-hydrogen) atoms. The molecular weight excluding hydrogens is 238 g/mol. The van der Waals surface area contributed by atoms with Crippen molar-refractivity contribution in [3.05, 3.63) is 42.5 Å². The number of nitrogens with one attached hydrogen (secondary N) is 2. The first-order chi connectivity index (χ1) is 9.33. The van der Waals surface area contributed by atoms with Crippen LogP contribution in [0, 0.1) is 0 Å². The van der Waals surface area contributed by atoms with E-state index in [0.29, 0.717) is 13.1 Å². The molecule has 4 nitrogen and oxygen atoms in total. The van der Waals surface area contributed by atoms with E-state index in [9.17, 15) is 0 Å². The third-order valence-corrected chi connectivity index (χ3v) is 2.92. The number of ether oxygens (including phenoxy) is 1. The lowest BCUT2D eigenvalue weighted by Crippen LogP contribution is -2.38. The second-order valence-electron chi connectivity index (χ2n) is 4.44. The molecule has 1 heterocycles. The van der Waals surface area contributed by atoms with Gasteiger partial charge in [0.25, 0.3) is 0 Å². The van der Waals surface area contributed by atoms with Gasteiger partial charge >= 0.3 is 0 Å². The van der Waals surface area contributed by atoms with E-state index in [-0.39, 0.29) is 6.10 Å². The van der Waals surface area contributed by atoms with Gasteiger partial charge in [-0.25, -0.2) is 4.99 Å². The minimum atomic E-state index is 0.136. The summed E-state index contributed by atoms with van der Waals surface area (Å²) in [4.78, 5) is 4.54. The van der Waals surface area contributed by atoms with Gasteiger partial charge in [0.15, 0.2) is 5.96 Å². The molecule has 0 bridgehead atoms. The van der Waals surface area contributed by atoms with Crippen LogP contribution in [0.4, 0.5) is 0 Å². The highest BCUT2D eigenvalue weighted by atomic mass is 16.5. The number of hydrogen-bond acceptors (Lipinski definition) is 2. The van der Waals surface area contributed by atoms with Crippen LogP contribution in [0.15, 0.2) is 41.9 Å². The number of guanidine groups is 1. The van der Waals surface area contributed by atoms with Gasteiger partial charge in [0.2, 0.25) is 0 Å². The summed E-state index contributed by atoms with van der Waals surface area (Å²) in [5, 5.41) is 6.38. The highest BCUT2D eigenvalue weighted by Crippen LogP contribution is 2.27. The van der Waals surface area contributed by atoms with Crippen molar-refractivity contribution >= 4 is 5.96 Å². The molecule has 1 aromatic rings. The van der Waals surface area contributed by atoms with Gasteiger partial charge in [-0.05, 0) is 18.6 Å². The molecule has 0 saturated carbocycles. The van der Waals surface area contributed by atoms with Gasteiger partial charge in [-0.1, -0.05) is 24.3 Å². The number of fused-ring (bicyclic) bond motifs is 1. The van der Waals surface area contributed by atoms with E-state index in [4.69, 9.17) is 4.74 Å². The summed E-state index contributed by atoms with van der Waals surface area (Å²) in [6, 6.07) is 8.17. The first kappa shape index (κ1) is 13.5. The number of aliphatic imine (C=N–C) groups is 1. The van der Waals surface area contributed by atoms with Crippen molar-refractivity contribution in [2.24, 2.45) is 4.99 Å². The third-order valence-electron chi connectivity index (χ3n) is 2.92. The van der Waals surface area contributed by atoms with Gasteiger partial charge in [-0.15, -0.1) is 6.58 Å². The lowest BCUT2D eigenvalue weighted by molar-refractivity contribution is 0.241. The molecule has 4 heteroatoms. The molecule has 2 N–H and O–H groups in total. The van der Waals surface area contributed by atoms with E-state index in [1.807, 2.05) is 31.2 Å². The highest BCUT2D eigenvalue weighted by Gasteiger charge is 2.21. The normalized spacial score (nSPS) is 17.5. The lowest BCUT2D eigenvalue weighted by Gasteiger charge is -2.12. The van der Waals surface area contributed by atoms with Gasteiger partial charge < -0.3 is 15.4 Å². The number of hydrogen-bond donors (Lipinski definition) is 2. The molecule has 0 radical (unpaired) electrons. The molecule has 0 aromatic heterocycles. The Morgan fingerprint density at radius 1 is 1.47 bits per heavy atom. The van der Waals surface area contributed by atoms with Crippen molar-refractivity contribution < 1.29 is 4.74 Å². The van der Waals surface area contributed by atoms with Crippen LogP contribution < -0.4 is 15.4 Å². The van der Waals surface area contributed by atoms with Crippen molar-refractivity contribution in [2.45, 2.75) is 19.4 Å². The zero-order valence-corrected chi connectivity index (χ0v) is 11.4. The number of benzene rings is 1. The van der Waals surface area contributed by atoms with Crippen LogP contribution in [-0.4, -0.2) is 31.7 Å². The Bertz CT molecular complexity index is 431. The van der Waals surface area contributed by atoms with Crippen LogP contribution in [0.25, 0.3) is 0 Å². The molecule has 1 aliphatic rings. The quantitative estimate of drug-likeness (QED) is 0.481. The molecular formula is C15H21N3O. The maximum atomic E-state index is 5.86. The van der Waals surface area contributed by atoms with Crippen molar-refractivity contribution in [3.8, 4) is 5.75 Å². The van der Waals surface area contributed by atoms with Gasteiger partial charge in [0.1, 0.15) is 11.9 Å². The minimum absolute atomic E-state index is 0.136. The monoisotopic (exact) mass is 259 g/mol. The molecule has 0 aliphatic carbocycles. The summed E-state index contributed by atoms with van der Waals surface area (Å²) in [6.45, 7) is 7.94. The van der Waals surface area contributed by atoms with Crippen LogP contribution in [-0.2, 0) is 6.42 Å². The van der Waals surface area contributed by atoms with E-state index in [1.165, 1.54) is 5.56 Å². The second kappa shape index (κ2) is 6.83. The zero-order valence-electron chi connectivity index (χ0n) is 11.4. The summed E-state index contributed by atoms with van der Waals surface area (Å²) in [7, 11) is 0. The smallest absolute Gasteiger partial charge is 0.191 e. The van der Waals surface area contributed by atoms with Gasteiger partial charge in [-0.3, -0.25) is 0 Å². The SMILES string of the molecule is C=CCNC(=NCC1Cc2ccccc2O1)NCC. The van der Waals surface area contributed by atoms with E-state index in [0.717, 1.165) is 24.7 Å². The highest BCUT2D eigenvalue weighted by molar-refractivity contribution is 5.79. The van der Waals surface area contributed by atoms with Gasteiger partial charge in [0.05, 0.1) is 6.54 Å². The minimum Gasteiger partial charge on any atom is -0.488 e. The lowest BCUT2D eigenvalue weighted by atomic mass is 10.1. The molecule has 1 aromatic carbocycles. The average molecular weight is 259 g/mol. The molecule has 0 saturated heterocycles. The number of rotatable bonds is 5. The van der Waals surface area contributed by atoms with Crippen LogP contribution in [0.1, 0.15) is 12.5 Å². The predicted molar refractivity (Wildman–Crippen MR) is 78.7 cm³/mol. The molecule has 1 aliphatic heterocycles. The van der Waals surface area contributed by atoms with Crippen LogP contribution >= 0.6 is 0 Å². The van der Waals surface area contributed by atoms with Crippen molar-refractivity contribution in [2.75, 3.05) is 19.6 Å². The summed E-state index contributed by atoms with van der Waals surface area (Å²) >= 11 is 0. The number of para-hydroxylation sites is 1. The van der Waals surface area contributed by atoms with Gasteiger partial charge in [-0.2, -0.15) is 0 Å². The molecule has 0 fully saturated rings. The Hall–Kier alpha value is -1.97. The van der Waals surface area contributed by atoms with E-state index in [1.54, 1.807) is 0 Å². The Balaban J connectivity index is 1.89. The molecule has 0 spiro atoms. The summed E-state index contributed by atoms with van der Waals surface area (Å²) in [5.74, 6) is 1.80. The van der Waals surface area contributed by atoms with Crippen LogP contribution in [0.2, 0.25) is 0 Å². The van der Waals surface area contributed by atoms with Crippen molar-refractivity contribution in [1.82, 2.24) is 10.6 Å². The van der Waals surface area contributed by atoms with E-state index < -0.39 is 0 Å². The summed E-state index contributed by atoms with van der Waals surface area (Å²) in [6.07, 6.45) is 2.88. The summed E-state index contributed by atoms with van der Waals surface area (Å²) in [5.41, 5.74) is 1.27. The van der Waals surface area contributed by atoms with Gasteiger partial charge in [0, 0.05) is 19.5 Å². The fraction of sp³-hybridized carbons (Fsp3) is 0.400. The van der Waals surface area contributed by atoms with Crippen LogP contribution in [0.5, 0.6) is 5.75 Å².